The third-order valence-electron chi connectivity index (χ3n) is 4.51. The van der Waals surface area contributed by atoms with Crippen LogP contribution in [0.1, 0.15) is 18.1 Å². The minimum Gasteiger partial charge on any atom is -0.493 e. The highest BCUT2D eigenvalue weighted by Gasteiger charge is 2.14. The lowest BCUT2D eigenvalue weighted by molar-refractivity contribution is 0.355. The van der Waals surface area contributed by atoms with Crippen molar-refractivity contribution >= 4 is 22.4 Å². The highest BCUT2D eigenvalue weighted by Crippen LogP contribution is 2.31. The maximum absolute atomic E-state index is 12.7. The van der Waals surface area contributed by atoms with E-state index in [0.717, 1.165) is 17.5 Å². The molecule has 0 unspecified atom stereocenters. The smallest absolute Gasteiger partial charge is 0.291 e. The van der Waals surface area contributed by atoms with Crippen LogP contribution in [0.25, 0.3) is 22.4 Å². The molecule has 0 aliphatic rings. The van der Waals surface area contributed by atoms with E-state index in [-0.39, 0.29) is 5.56 Å². The van der Waals surface area contributed by atoms with Gasteiger partial charge in [0.05, 0.1) is 18.8 Å². The largest absolute Gasteiger partial charge is 0.493 e. The number of hydrogen-bond donors (Lipinski definition) is 0. The molecule has 0 fully saturated rings. The lowest BCUT2D eigenvalue weighted by Gasteiger charge is -2.07. The first-order valence-corrected chi connectivity index (χ1v) is 9.67. The molecule has 4 aromatic rings. The second kappa shape index (κ2) is 7.44. The van der Waals surface area contributed by atoms with Gasteiger partial charge in [-0.05, 0) is 41.8 Å². The first-order valence-electron chi connectivity index (χ1n) is 8.85. The molecule has 28 heavy (non-hydrogen) atoms. The lowest BCUT2D eigenvalue weighted by Crippen LogP contribution is -2.23. The van der Waals surface area contributed by atoms with E-state index in [1.54, 1.807) is 26.4 Å². The molecular weight excluding hydrogens is 374 g/mol. The average Bonchev–Trinajstić information content (AvgIpc) is 3.27. The zero-order valence-corrected chi connectivity index (χ0v) is 16.6. The molecule has 0 bridgehead atoms. The molecule has 0 N–H and O–H groups in total. The van der Waals surface area contributed by atoms with Crippen LogP contribution in [0.15, 0.2) is 47.3 Å². The first kappa shape index (κ1) is 18.2. The second-order valence-electron chi connectivity index (χ2n) is 6.21. The predicted molar refractivity (Wildman–Crippen MR) is 110 cm³/mol. The monoisotopic (exact) mass is 393 g/mol. The van der Waals surface area contributed by atoms with E-state index >= 15 is 0 Å². The summed E-state index contributed by atoms with van der Waals surface area (Å²) < 4.78 is 12.5. The van der Waals surface area contributed by atoms with Gasteiger partial charge in [0.2, 0.25) is 4.96 Å². The third kappa shape index (κ3) is 3.25. The summed E-state index contributed by atoms with van der Waals surface area (Å²) in [5.74, 6) is 1.69. The molecule has 0 spiro atoms. The Bertz CT molecular complexity index is 1240. The zero-order valence-electron chi connectivity index (χ0n) is 15.8. The summed E-state index contributed by atoms with van der Waals surface area (Å²) in [7, 11) is 3.16. The van der Waals surface area contributed by atoms with Gasteiger partial charge >= 0.3 is 0 Å². The molecule has 4 rings (SSSR count). The maximum atomic E-state index is 12.7. The molecule has 2 aromatic carbocycles. The Morgan fingerprint density at radius 3 is 2.46 bits per heavy atom. The van der Waals surface area contributed by atoms with Crippen molar-refractivity contribution in [1.82, 2.24) is 14.6 Å². The normalized spacial score (nSPS) is 11.9. The molecule has 2 heterocycles. The van der Waals surface area contributed by atoms with Gasteiger partial charge in [-0.15, -0.1) is 5.10 Å². The van der Waals surface area contributed by atoms with Gasteiger partial charge in [0.25, 0.3) is 5.56 Å². The fourth-order valence-electron chi connectivity index (χ4n) is 2.93. The van der Waals surface area contributed by atoms with E-state index in [0.29, 0.717) is 26.8 Å². The number of methoxy groups -OCH3 is 2. The Balaban J connectivity index is 1.74. The van der Waals surface area contributed by atoms with Gasteiger partial charge in [-0.1, -0.05) is 42.5 Å². The average molecular weight is 393 g/mol. The van der Waals surface area contributed by atoms with Crippen molar-refractivity contribution in [1.29, 1.82) is 0 Å². The molecule has 142 valence electrons. The molecule has 2 aromatic heterocycles. The Hall–Kier alpha value is -3.19. The highest BCUT2D eigenvalue weighted by molar-refractivity contribution is 7.15. The summed E-state index contributed by atoms with van der Waals surface area (Å²) in [6.07, 6.45) is 2.86. The van der Waals surface area contributed by atoms with E-state index in [1.165, 1.54) is 21.4 Å². The Labute approximate surface area is 165 Å². The molecule has 0 aliphatic carbocycles. The number of rotatable bonds is 5. The van der Waals surface area contributed by atoms with Crippen LogP contribution in [0.4, 0.5) is 0 Å². The quantitative estimate of drug-likeness (QED) is 0.522. The fraction of sp³-hybridized carbons (Fsp3) is 0.190. The lowest BCUT2D eigenvalue weighted by atomic mass is 10.1. The van der Waals surface area contributed by atoms with Crippen molar-refractivity contribution in [3.8, 4) is 22.9 Å². The van der Waals surface area contributed by atoms with Crippen molar-refractivity contribution in [2.75, 3.05) is 14.2 Å². The second-order valence-corrected chi connectivity index (χ2v) is 7.22. The van der Waals surface area contributed by atoms with Crippen molar-refractivity contribution in [2.24, 2.45) is 0 Å². The minimum atomic E-state index is -0.168. The summed E-state index contributed by atoms with van der Waals surface area (Å²) in [6.45, 7) is 2.12. The molecule has 0 radical (unpaired) electrons. The van der Waals surface area contributed by atoms with Gasteiger partial charge < -0.3 is 9.47 Å². The van der Waals surface area contributed by atoms with Crippen molar-refractivity contribution < 1.29 is 9.47 Å². The van der Waals surface area contributed by atoms with E-state index in [2.05, 4.69) is 29.1 Å². The van der Waals surface area contributed by atoms with E-state index in [1.807, 2.05) is 24.3 Å². The predicted octanol–water partition coefficient (Wildman–Crippen LogP) is 2.95. The van der Waals surface area contributed by atoms with Gasteiger partial charge in [0.1, 0.15) is 0 Å². The van der Waals surface area contributed by atoms with Crippen molar-refractivity contribution in [3.05, 3.63) is 68.5 Å². The number of fused-ring (bicyclic) bond motifs is 1. The maximum Gasteiger partial charge on any atom is 0.291 e. The topological polar surface area (TPSA) is 65.7 Å². The van der Waals surface area contributed by atoms with Crippen LogP contribution < -0.4 is 19.6 Å². The fourth-order valence-corrected chi connectivity index (χ4v) is 3.84. The number of hydrogen-bond acceptors (Lipinski definition) is 6. The van der Waals surface area contributed by atoms with Crippen LogP contribution in [0.5, 0.6) is 11.5 Å². The molecule has 6 nitrogen and oxygen atoms in total. The Morgan fingerprint density at radius 1 is 1.07 bits per heavy atom. The minimum absolute atomic E-state index is 0.168. The molecule has 0 saturated carbocycles. The first-order chi connectivity index (χ1) is 13.6. The van der Waals surface area contributed by atoms with Crippen LogP contribution in [0.2, 0.25) is 0 Å². The van der Waals surface area contributed by atoms with Crippen LogP contribution >= 0.6 is 11.3 Å². The number of aromatic nitrogens is 3. The van der Waals surface area contributed by atoms with Crippen molar-refractivity contribution in [3.63, 3.8) is 0 Å². The molecule has 0 atom stereocenters. The highest BCUT2D eigenvalue weighted by atomic mass is 32.1. The number of aryl methyl sites for hydroxylation is 1. The Kier molecular flexibility index (Phi) is 4.83. The van der Waals surface area contributed by atoms with Gasteiger partial charge in [-0.3, -0.25) is 4.79 Å². The molecular formula is C21H19N3O3S. The standard InChI is InChI=1S/C21H19N3O3S/c1-4-13-5-7-14(8-6-13)11-18-20(25)24-21(28-18)22-19(23-24)15-9-10-16(26-2)17(12-15)27-3/h5-12H,4H2,1-3H3. The molecule has 0 amide bonds. The zero-order chi connectivity index (χ0) is 19.7. The summed E-state index contributed by atoms with van der Waals surface area (Å²) in [4.78, 5) is 17.8. The van der Waals surface area contributed by atoms with Crippen LogP contribution in [-0.2, 0) is 6.42 Å². The summed E-state index contributed by atoms with van der Waals surface area (Å²) in [5.41, 5.74) is 2.84. The van der Waals surface area contributed by atoms with E-state index < -0.39 is 0 Å². The summed E-state index contributed by atoms with van der Waals surface area (Å²) >= 11 is 1.33. The van der Waals surface area contributed by atoms with Crippen molar-refractivity contribution in [2.45, 2.75) is 13.3 Å². The van der Waals surface area contributed by atoms with Crippen LogP contribution in [0.3, 0.4) is 0 Å². The number of thiazole rings is 1. The summed E-state index contributed by atoms with van der Waals surface area (Å²) in [6, 6.07) is 13.6. The van der Waals surface area contributed by atoms with Gasteiger partial charge in [-0.25, -0.2) is 0 Å². The molecule has 0 aliphatic heterocycles. The van der Waals surface area contributed by atoms with E-state index in [9.17, 15) is 4.79 Å². The van der Waals surface area contributed by atoms with Gasteiger partial charge in [0.15, 0.2) is 17.3 Å². The van der Waals surface area contributed by atoms with Crippen LogP contribution in [0, 0.1) is 0 Å². The summed E-state index contributed by atoms with van der Waals surface area (Å²) in [5, 5.41) is 4.39. The SMILES string of the molecule is CCc1ccc(C=c2sc3nc(-c4ccc(OC)c(OC)c4)nn3c2=O)cc1. The third-order valence-corrected chi connectivity index (χ3v) is 5.47. The van der Waals surface area contributed by atoms with Gasteiger partial charge in [-0.2, -0.15) is 9.50 Å². The van der Waals surface area contributed by atoms with Crippen LogP contribution in [-0.4, -0.2) is 28.8 Å². The number of ether oxygens (including phenoxy) is 2. The van der Waals surface area contributed by atoms with Gasteiger partial charge in [0, 0.05) is 5.56 Å². The Morgan fingerprint density at radius 2 is 1.82 bits per heavy atom. The molecule has 0 saturated heterocycles. The number of nitrogens with zero attached hydrogens (tertiary/aromatic N) is 3. The number of benzene rings is 2. The molecule has 7 heteroatoms. The van der Waals surface area contributed by atoms with E-state index in [4.69, 9.17) is 9.47 Å².